The maximum absolute atomic E-state index is 11.8. The predicted molar refractivity (Wildman–Crippen MR) is 59.4 cm³/mol. The molecule has 6 nitrogen and oxygen atoms in total. The van der Waals surface area contributed by atoms with Gasteiger partial charge in [-0.3, -0.25) is 0 Å². The normalized spacial score (nSPS) is 15.1. The Morgan fingerprint density at radius 1 is 1.53 bits per heavy atom. The predicted octanol–water partition coefficient (Wildman–Crippen LogP) is 0.357. The highest BCUT2D eigenvalue weighted by atomic mass is 16.6. The van der Waals surface area contributed by atoms with Crippen molar-refractivity contribution < 1.29 is 9.53 Å². The molecule has 17 heavy (non-hydrogen) atoms. The number of aromatic nitrogens is 1. The summed E-state index contributed by atoms with van der Waals surface area (Å²) in [4.78, 5) is 17.2. The number of nitrogens with zero attached hydrogens (tertiary/aromatic N) is 3. The number of ether oxygens (including phenoxy) is 1. The first kappa shape index (κ1) is 11.4. The van der Waals surface area contributed by atoms with Crippen molar-refractivity contribution in [2.24, 2.45) is 0 Å². The Kier molecular flexibility index (Phi) is 3.52. The lowest BCUT2D eigenvalue weighted by molar-refractivity contribution is 0.145. The number of piperazine rings is 1. The number of nitriles is 1. The molecule has 1 aliphatic heterocycles. The van der Waals surface area contributed by atoms with Gasteiger partial charge in [0.15, 0.2) is 11.4 Å². The van der Waals surface area contributed by atoms with Gasteiger partial charge in [0.2, 0.25) is 0 Å². The zero-order chi connectivity index (χ0) is 12.1. The second kappa shape index (κ2) is 5.27. The SMILES string of the molecule is N#Cc1ncccc1OC(=O)N1CCNCC1. The molecule has 1 amide bonds. The number of hydrogen-bond donors (Lipinski definition) is 1. The van der Waals surface area contributed by atoms with Crippen molar-refractivity contribution in [3.05, 3.63) is 24.0 Å². The van der Waals surface area contributed by atoms with Gasteiger partial charge in [-0.05, 0) is 12.1 Å². The molecule has 0 atom stereocenters. The smallest absolute Gasteiger partial charge is 0.407 e. The van der Waals surface area contributed by atoms with Gasteiger partial charge in [0, 0.05) is 32.4 Å². The Bertz CT molecular complexity index is 449. The van der Waals surface area contributed by atoms with Crippen molar-refractivity contribution in [1.82, 2.24) is 15.2 Å². The van der Waals surface area contributed by atoms with E-state index in [1.807, 2.05) is 6.07 Å². The molecule has 1 aromatic rings. The minimum Gasteiger partial charge on any atom is -0.407 e. The monoisotopic (exact) mass is 232 g/mol. The third kappa shape index (κ3) is 2.71. The van der Waals surface area contributed by atoms with Crippen LogP contribution in [-0.4, -0.2) is 42.2 Å². The van der Waals surface area contributed by atoms with E-state index in [-0.39, 0.29) is 11.4 Å². The van der Waals surface area contributed by atoms with Crippen molar-refractivity contribution >= 4 is 6.09 Å². The largest absolute Gasteiger partial charge is 0.415 e. The van der Waals surface area contributed by atoms with Crippen LogP contribution in [0.2, 0.25) is 0 Å². The number of carbonyl (C=O) groups is 1. The second-order valence-corrected chi connectivity index (χ2v) is 3.57. The lowest BCUT2D eigenvalue weighted by atomic mass is 10.3. The molecular formula is C11H12N4O2. The topological polar surface area (TPSA) is 78.2 Å². The van der Waals surface area contributed by atoms with E-state index in [0.29, 0.717) is 13.1 Å². The van der Waals surface area contributed by atoms with Crippen molar-refractivity contribution in [2.45, 2.75) is 0 Å². The van der Waals surface area contributed by atoms with Crippen LogP contribution in [0, 0.1) is 11.3 Å². The van der Waals surface area contributed by atoms with Gasteiger partial charge in [0.05, 0.1) is 0 Å². The Hall–Kier alpha value is -2.13. The van der Waals surface area contributed by atoms with Gasteiger partial charge in [0.1, 0.15) is 6.07 Å². The molecule has 0 saturated carbocycles. The molecule has 2 heterocycles. The summed E-state index contributed by atoms with van der Waals surface area (Å²) in [6.45, 7) is 2.74. The maximum atomic E-state index is 11.8. The van der Waals surface area contributed by atoms with E-state index in [0.717, 1.165) is 13.1 Å². The van der Waals surface area contributed by atoms with Gasteiger partial charge in [-0.25, -0.2) is 9.78 Å². The molecule has 1 aliphatic rings. The lowest BCUT2D eigenvalue weighted by Gasteiger charge is -2.26. The Morgan fingerprint density at radius 2 is 2.29 bits per heavy atom. The highest BCUT2D eigenvalue weighted by Gasteiger charge is 2.19. The summed E-state index contributed by atoms with van der Waals surface area (Å²) in [7, 11) is 0. The van der Waals surface area contributed by atoms with Crippen molar-refractivity contribution in [1.29, 1.82) is 5.26 Å². The van der Waals surface area contributed by atoms with Crippen LogP contribution < -0.4 is 10.1 Å². The average Bonchev–Trinajstić information content (AvgIpc) is 2.40. The molecule has 1 aromatic heterocycles. The molecule has 2 rings (SSSR count). The third-order valence-electron chi connectivity index (χ3n) is 2.45. The zero-order valence-electron chi connectivity index (χ0n) is 9.22. The van der Waals surface area contributed by atoms with Crippen LogP contribution in [0.25, 0.3) is 0 Å². The lowest BCUT2D eigenvalue weighted by Crippen LogP contribution is -2.47. The highest BCUT2D eigenvalue weighted by Crippen LogP contribution is 2.15. The third-order valence-corrected chi connectivity index (χ3v) is 2.45. The number of carbonyl (C=O) groups excluding carboxylic acids is 1. The Labute approximate surface area is 98.8 Å². The van der Waals surface area contributed by atoms with Gasteiger partial charge in [-0.2, -0.15) is 5.26 Å². The van der Waals surface area contributed by atoms with E-state index in [1.54, 1.807) is 17.0 Å². The number of nitrogens with one attached hydrogen (secondary N) is 1. The van der Waals surface area contributed by atoms with Gasteiger partial charge in [0.25, 0.3) is 0 Å². The fourth-order valence-corrected chi connectivity index (χ4v) is 1.56. The molecule has 0 bridgehead atoms. The minimum absolute atomic E-state index is 0.121. The Morgan fingerprint density at radius 3 is 3.00 bits per heavy atom. The number of amides is 1. The average molecular weight is 232 g/mol. The molecule has 0 aromatic carbocycles. The van der Waals surface area contributed by atoms with E-state index in [9.17, 15) is 4.79 Å². The standard InChI is InChI=1S/C11H12N4O2/c12-8-9-10(2-1-3-14-9)17-11(16)15-6-4-13-5-7-15/h1-3,13H,4-7H2. The fourth-order valence-electron chi connectivity index (χ4n) is 1.56. The summed E-state index contributed by atoms with van der Waals surface area (Å²) in [6.07, 6.45) is 1.05. The van der Waals surface area contributed by atoms with Crippen LogP contribution >= 0.6 is 0 Å². The number of pyridine rings is 1. The van der Waals surface area contributed by atoms with E-state index in [4.69, 9.17) is 10.00 Å². The van der Waals surface area contributed by atoms with Gasteiger partial charge in [-0.15, -0.1) is 0 Å². The van der Waals surface area contributed by atoms with Crippen LogP contribution in [-0.2, 0) is 0 Å². The van der Waals surface area contributed by atoms with Gasteiger partial charge >= 0.3 is 6.09 Å². The summed E-state index contributed by atoms with van der Waals surface area (Å²) in [6, 6.07) is 5.07. The van der Waals surface area contributed by atoms with E-state index in [2.05, 4.69) is 10.3 Å². The molecule has 0 radical (unpaired) electrons. The molecule has 6 heteroatoms. The number of hydrogen-bond acceptors (Lipinski definition) is 5. The van der Waals surface area contributed by atoms with Crippen LogP contribution in [0.4, 0.5) is 4.79 Å². The second-order valence-electron chi connectivity index (χ2n) is 3.57. The zero-order valence-corrected chi connectivity index (χ0v) is 9.22. The van der Waals surface area contributed by atoms with Crippen molar-refractivity contribution in [2.75, 3.05) is 26.2 Å². The van der Waals surface area contributed by atoms with Crippen LogP contribution in [0.5, 0.6) is 5.75 Å². The fraction of sp³-hybridized carbons (Fsp3) is 0.364. The van der Waals surface area contributed by atoms with Crippen molar-refractivity contribution in [3.8, 4) is 11.8 Å². The first-order valence-corrected chi connectivity index (χ1v) is 5.34. The summed E-state index contributed by atoms with van der Waals surface area (Å²) in [5, 5.41) is 12.0. The number of rotatable bonds is 1. The Balaban J connectivity index is 2.05. The maximum Gasteiger partial charge on any atom is 0.415 e. The summed E-state index contributed by atoms with van der Waals surface area (Å²) >= 11 is 0. The molecule has 0 spiro atoms. The summed E-state index contributed by atoms with van der Waals surface area (Å²) in [5.41, 5.74) is 0.121. The van der Waals surface area contributed by atoms with Crippen LogP contribution in [0.1, 0.15) is 5.69 Å². The minimum atomic E-state index is -0.434. The first-order chi connectivity index (χ1) is 8.31. The summed E-state index contributed by atoms with van der Waals surface area (Å²) < 4.78 is 5.15. The van der Waals surface area contributed by atoms with Gasteiger partial charge in [-0.1, -0.05) is 0 Å². The molecule has 0 aliphatic carbocycles. The quantitative estimate of drug-likeness (QED) is 0.756. The van der Waals surface area contributed by atoms with E-state index in [1.165, 1.54) is 6.20 Å². The summed E-state index contributed by atoms with van der Waals surface area (Å²) in [5.74, 6) is 0.207. The molecule has 0 unspecified atom stereocenters. The van der Waals surface area contributed by atoms with Crippen molar-refractivity contribution in [3.63, 3.8) is 0 Å². The highest BCUT2D eigenvalue weighted by molar-refractivity contribution is 5.71. The molecule has 1 saturated heterocycles. The first-order valence-electron chi connectivity index (χ1n) is 5.34. The van der Waals surface area contributed by atoms with Crippen LogP contribution in [0.15, 0.2) is 18.3 Å². The molecule has 1 N–H and O–H groups in total. The van der Waals surface area contributed by atoms with Gasteiger partial charge < -0.3 is 15.0 Å². The van der Waals surface area contributed by atoms with Crippen LogP contribution in [0.3, 0.4) is 0 Å². The molecule has 88 valence electrons. The van der Waals surface area contributed by atoms with E-state index >= 15 is 0 Å². The molecule has 1 fully saturated rings. The molecular weight excluding hydrogens is 220 g/mol. The van der Waals surface area contributed by atoms with E-state index < -0.39 is 6.09 Å².